The Bertz CT molecular complexity index is 736. The van der Waals surface area contributed by atoms with E-state index in [4.69, 9.17) is 4.98 Å². The van der Waals surface area contributed by atoms with Crippen molar-refractivity contribution in [1.82, 2.24) is 14.9 Å². The minimum atomic E-state index is 0.0788. The molecule has 6 heteroatoms. The number of carbonyl (C=O) groups is 1. The number of nitrogens with zero attached hydrogens (tertiary/aromatic N) is 2. The van der Waals surface area contributed by atoms with E-state index in [1.54, 1.807) is 0 Å². The molecule has 1 amide bonds. The van der Waals surface area contributed by atoms with E-state index in [1.807, 2.05) is 23.9 Å². The molecule has 4 rings (SSSR count). The van der Waals surface area contributed by atoms with Gasteiger partial charge in [0.1, 0.15) is 5.82 Å². The van der Waals surface area contributed by atoms with Gasteiger partial charge < -0.3 is 15.2 Å². The summed E-state index contributed by atoms with van der Waals surface area (Å²) in [6.07, 6.45) is 5.32. The molecule has 1 fully saturated rings. The monoisotopic (exact) mass is 344 g/mol. The quantitative estimate of drug-likeness (QED) is 0.899. The van der Waals surface area contributed by atoms with Crippen molar-refractivity contribution in [2.45, 2.75) is 44.7 Å². The third kappa shape index (κ3) is 3.44. The lowest BCUT2D eigenvalue weighted by molar-refractivity contribution is -0.116. The van der Waals surface area contributed by atoms with Crippen molar-refractivity contribution in [2.75, 3.05) is 23.4 Å². The number of nitrogens with one attached hydrogen (secondary N) is 2. The van der Waals surface area contributed by atoms with Gasteiger partial charge in [-0.2, -0.15) is 11.8 Å². The van der Waals surface area contributed by atoms with Crippen molar-refractivity contribution in [3.05, 3.63) is 24.0 Å². The molecule has 128 valence electrons. The van der Waals surface area contributed by atoms with Crippen molar-refractivity contribution >= 4 is 34.4 Å². The van der Waals surface area contributed by atoms with E-state index in [-0.39, 0.29) is 11.9 Å². The number of amides is 1. The van der Waals surface area contributed by atoms with Crippen LogP contribution in [0.3, 0.4) is 0 Å². The van der Waals surface area contributed by atoms with Gasteiger partial charge in [-0.3, -0.25) is 4.79 Å². The Morgan fingerprint density at radius 2 is 2.33 bits per heavy atom. The molecule has 2 N–H and O–H groups in total. The van der Waals surface area contributed by atoms with Gasteiger partial charge in [-0.15, -0.1) is 0 Å². The van der Waals surface area contributed by atoms with E-state index in [2.05, 4.69) is 21.3 Å². The summed E-state index contributed by atoms with van der Waals surface area (Å²) in [5.74, 6) is 3.42. The largest absolute Gasteiger partial charge is 0.328 e. The lowest BCUT2D eigenvalue weighted by atomic mass is 10.2. The van der Waals surface area contributed by atoms with Gasteiger partial charge >= 0.3 is 0 Å². The number of thioether (sulfide) groups is 1. The first-order valence-corrected chi connectivity index (χ1v) is 10.1. The Labute approximate surface area is 146 Å². The Morgan fingerprint density at radius 3 is 3.21 bits per heavy atom. The number of fused-ring (bicyclic) bond motifs is 3. The Morgan fingerprint density at radius 1 is 1.38 bits per heavy atom. The fourth-order valence-corrected chi connectivity index (χ4v) is 4.56. The fraction of sp³-hybridized carbons (Fsp3) is 0.556. The molecule has 0 bridgehead atoms. The molecule has 0 saturated carbocycles. The second-order valence-corrected chi connectivity index (χ2v) is 7.82. The van der Waals surface area contributed by atoms with E-state index in [0.717, 1.165) is 42.2 Å². The molecule has 3 heterocycles. The van der Waals surface area contributed by atoms with Crippen molar-refractivity contribution in [2.24, 2.45) is 0 Å². The molecule has 1 saturated heterocycles. The number of hydrogen-bond acceptors (Lipinski definition) is 4. The number of aromatic nitrogens is 2. The van der Waals surface area contributed by atoms with Crippen LogP contribution in [0.4, 0.5) is 5.69 Å². The van der Waals surface area contributed by atoms with Crippen molar-refractivity contribution in [3.63, 3.8) is 0 Å². The molecule has 0 spiro atoms. The second kappa shape index (κ2) is 7.15. The summed E-state index contributed by atoms with van der Waals surface area (Å²) >= 11 is 1.91. The number of anilines is 1. The Hall–Kier alpha value is -1.53. The van der Waals surface area contributed by atoms with Gasteiger partial charge in [0, 0.05) is 49.2 Å². The predicted octanol–water partition coefficient (Wildman–Crippen LogP) is 2.80. The smallest absolute Gasteiger partial charge is 0.225 e. The van der Waals surface area contributed by atoms with Gasteiger partial charge in [0.25, 0.3) is 0 Å². The van der Waals surface area contributed by atoms with Crippen molar-refractivity contribution < 1.29 is 4.79 Å². The lowest BCUT2D eigenvalue weighted by Gasteiger charge is -2.22. The fourth-order valence-electron chi connectivity index (χ4n) is 3.61. The first-order chi connectivity index (χ1) is 11.8. The molecule has 2 aliphatic heterocycles. The minimum Gasteiger partial charge on any atom is -0.328 e. The summed E-state index contributed by atoms with van der Waals surface area (Å²) in [6, 6.07) is 6.40. The number of rotatable bonds is 3. The third-order valence-electron chi connectivity index (χ3n) is 4.82. The van der Waals surface area contributed by atoms with Gasteiger partial charge in [0.05, 0.1) is 11.0 Å². The molecule has 1 atom stereocenters. The molecule has 24 heavy (non-hydrogen) atoms. The van der Waals surface area contributed by atoms with Crippen molar-refractivity contribution in [3.8, 4) is 0 Å². The van der Waals surface area contributed by atoms with E-state index < -0.39 is 0 Å². The van der Waals surface area contributed by atoms with Crippen LogP contribution in [-0.4, -0.2) is 39.6 Å². The predicted molar refractivity (Wildman–Crippen MR) is 99.7 cm³/mol. The van der Waals surface area contributed by atoms with Crippen LogP contribution in [0, 0.1) is 0 Å². The SMILES string of the molecule is O=C(CC1CSCCN1)Nc1ccc2c(c1)nc1n2CCCCC1. The molecule has 0 aliphatic carbocycles. The summed E-state index contributed by atoms with van der Waals surface area (Å²) < 4.78 is 2.34. The Kier molecular flexibility index (Phi) is 4.76. The molecule has 1 unspecified atom stereocenters. The lowest BCUT2D eigenvalue weighted by Crippen LogP contribution is -2.39. The maximum atomic E-state index is 12.3. The highest BCUT2D eigenvalue weighted by Crippen LogP contribution is 2.24. The highest BCUT2D eigenvalue weighted by molar-refractivity contribution is 7.99. The standard InChI is InChI=1S/C18H24N4OS/c23-18(11-14-12-24-9-7-19-14)20-13-5-6-16-15(10-13)21-17-4-2-1-3-8-22(16)17/h5-6,10,14,19H,1-4,7-9,11-12H2,(H,20,23). The zero-order chi connectivity index (χ0) is 16.4. The molecule has 5 nitrogen and oxygen atoms in total. The van der Waals surface area contributed by atoms with Gasteiger partial charge in [0.2, 0.25) is 5.91 Å². The van der Waals surface area contributed by atoms with Crippen LogP contribution in [0.5, 0.6) is 0 Å². The highest BCUT2D eigenvalue weighted by atomic mass is 32.2. The average molecular weight is 344 g/mol. The van der Waals surface area contributed by atoms with Crippen LogP contribution < -0.4 is 10.6 Å². The summed E-state index contributed by atoms with van der Waals surface area (Å²) in [5.41, 5.74) is 3.04. The minimum absolute atomic E-state index is 0.0788. The van der Waals surface area contributed by atoms with E-state index >= 15 is 0 Å². The first kappa shape index (κ1) is 16.0. The number of aryl methyl sites for hydroxylation is 2. The zero-order valence-electron chi connectivity index (χ0n) is 13.9. The van der Waals surface area contributed by atoms with E-state index in [0.29, 0.717) is 6.42 Å². The maximum absolute atomic E-state index is 12.3. The van der Waals surface area contributed by atoms with Crippen LogP contribution in [0.15, 0.2) is 18.2 Å². The number of hydrogen-bond donors (Lipinski definition) is 2. The highest BCUT2D eigenvalue weighted by Gasteiger charge is 2.18. The topological polar surface area (TPSA) is 59.0 Å². The van der Waals surface area contributed by atoms with E-state index in [9.17, 15) is 4.79 Å². The summed E-state index contributed by atoms with van der Waals surface area (Å²) in [7, 11) is 0. The van der Waals surface area contributed by atoms with Gasteiger partial charge in [-0.25, -0.2) is 4.98 Å². The van der Waals surface area contributed by atoms with Crippen LogP contribution in [0.2, 0.25) is 0 Å². The zero-order valence-corrected chi connectivity index (χ0v) is 14.7. The van der Waals surface area contributed by atoms with E-state index in [1.165, 1.54) is 30.6 Å². The summed E-state index contributed by atoms with van der Waals surface area (Å²) in [4.78, 5) is 17.1. The third-order valence-corrected chi connectivity index (χ3v) is 5.95. The van der Waals surface area contributed by atoms with Crippen LogP contribution in [0.1, 0.15) is 31.5 Å². The van der Waals surface area contributed by atoms with Crippen LogP contribution in [0.25, 0.3) is 11.0 Å². The first-order valence-electron chi connectivity index (χ1n) is 8.90. The second-order valence-electron chi connectivity index (χ2n) is 6.67. The normalized spacial score (nSPS) is 21.2. The van der Waals surface area contributed by atoms with Crippen LogP contribution in [-0.2, 0) is 17.8 Å². The molecule has 1 aromatic carbocycles. The molecular weight excluding hydrogens is 320 g/mol. The molecule has 2 aromatic rings. The number of benzene rings is 1. The molecule has 2 aliphatic rings. The Balaban J connectivity index is 1.47. The van der Waals surface area contributed by atoms with Gasteiger partial charge in [-0.05, 0) is 31.0 Å². The van der Waals surface area contributed by atoms with Gasteiger partial charge in [0.15, 0.2) is 0 Å². The van der Waals surface area contributed by atoms with Crippen LogP contribution >= 0.6 is 11.8 Å². The summed E-state index contributed by atoms with van der Waals surface area (Å²) in [5, 5.41) is 6.44. The number of imidazole rings is 1. The van der Waals surface area contributed by atoms with Gasteiger partial charge in [-0.1, -0.05) is 6.42 Å². The molecule has 0 radical (unpaired) electrons. The van der Waals surface area contributed by atoms with Crippen molar-refractivity contribution in [1.29, 1.82) is 0 Å². The summed E-state index contributed by atoms with van der Waals surface area (Å²) in [6.45, 7) is 2.05. The average Bonchev–Trinajstić information content (AvgIpc) is 2.76. The number of carbonyl (C=O) groups excluding carboxylic acids is 1. The maximum Gasteiger partial charge on any atom is 0.225 e. The molecular formula is C18H24N4OS. The molecule has 1 aromatic heterocycles.